The summed E-state index contributed by atoms with van der Waals surface area (Å²) in [6, 6.07) is 6.43. The Labute approximate surface area is 111 Å². The van der Waals surface area contributed by atoms with Gasteiger partial charge in [-0.15, -0.1) is 0 Å². The van der Waals surface area contributed by atoms with Gasteiger partial charge in [-0.3, -0.25) is 0 Å². The number of hydrogen-bond acceptors (Lipinski definition) is 3. The summed E-state index contributed by atoms with van der Waals surface area (Å²) in [6.07, 6.45) is 2.41. The van der Waals surface area contributed by atoms with E-state index < -0.39 is 0 Å². The Morgan fingerprint density at radius 1 is 1.28 bits per heavy atom. The molecule has 0 aliphatic carbocycles. The SMILES string of the molecule is CCCC(C)COc1cccc(CNC(C)C)n1. The highest BCUT2D eigenvalue weighted by molar-refractivity contribution is 5.15. The molecule has 1 heterocycles. The van der Waals surface area contributed by atoms with Crippen molar-refractivity contribution in [3.05, 3.63) is 23.9 Å². The quantitative estimate of drug-likeness (QED) is 0.768. The lowest BCUT2D eigenvalue weighted by molar-refractivity contribution is 0.242. The highest BCUT2D eigenvalue weighted by Gasteiger charge is 2.04. The Hall–Kier alpha value is -1.09. The average molecular weight is 250 g/mol. The van der Waals surface area contributed by atoms with Crippen LogP contribution in [0.1, 0.15) is 46.2 Å². The van der Waals surface area contributed by atoms with Crippen molar-refractivity contribution in [3.63, 3.8) is 0 Å². The maximum absolute atomic E-state index is 5.73. The first-order valence-electron chi connectivity index (χ1n) is 6.94. The first-order chi connectivity index (χ1) is 8.61. The van der Waals surface area contributed by atoms with Gasteiger partial charge in [0.25, 0.3) is 0 Å². The lowest BCUT2D eigenvalue weighted by Gasteiger charge is -2.12. The first kappa shape index (κ1) is 15.0. The first-order valence-corrected chi connectivity index (χ1v) is 6.94. The van der Waals surface area contributed by atoms with Crippen molar-refractivity contribution in [1.29, 1.82) is 0 Å². The van der Waals surface area contributed by atoms with E-state index in [1.165, 1.54) is 12.8 Å². The molecule has 1 unspecified atom stereocenters. The van der Waals surface area contributed by atoms with Gasteiger partial charge in [0.2, 0.25) is 5.88 Å². The number of rotatable bonds is 8. The summed E-state index contributed by atoms with van der Waals surface area (Å²) < 4.78 is 5.73. The summed E-state index contributed by atoms with van der Waals surface area (Å²) in [4.78, 5) is 4.49. The summed E-state index contributed by atoms with van der Waals surface area (Å²) in [6.45, 7) is 10.2. The molecule has 0 saturated heterocycles. The summed E-state index contributed by atoms with van der Waals surface area (Å²) in [5, 5.41) is 3.36. The Bertz CT molecular complexity index is 339. The molecule has 0 aromatic carbocycles. The molecular formula is C15H26N2O. The van der Waals surface area contributed by atoms with Gasteiger partial charge in [0.15, 0.2) is 0 Å². The molecule has 1 aromatic rings. The third kappa shape index (κ3) is 6.01. The molecule has 0 bridgehead atoms. The van der Waals surface area contributed by atoms with E-state index in [-0.39, 0.29) is 0 Å². The zero-order valence-corrected chi connectivity index (χ0v) is 12.1. The Morgan fingerprint density at radius 2 is 2.06 bits per heavy atom. The molecule has 1 rings (SSSR count). The van der Waals surface area contributed by atoms with Crippen molar-refractivity contribution in [2.75, 3.05) is 6.61 Å². The predicted molar refractivity (Wildman–Crippen MR) is 75.8 cm³/mol. The van der Waals surface area contributed by atoms with Gasteiger partial charge in [0, 0.05) is 18.7 Å². The van der Waals surface area contributed by atoms with Crippen molar-refractivity contribution in [2.45, 2.75) is 53.1 Å². The standard InChI is InChI=1S/C15H26N2O/c1-5-7-13(4)11-18-15-9-6-8-14(17-15)10-16-12(2)3/h6,8-9,12-13,16H,5,7,10-11H2,1-4H3. The van der Waals surface area contributed by atoms with Crippen LogP contribution in [0.15, 0.2) is 18.2 Å². The molecule has 0 spiro atoms. The highest BCUT2D eigenvalue weighted by atomic mass is 16.5. The smallest absolute Gasteiger partial charge is 0.213 e. The van der Waals surface area contributed by atoms with Gasteiger partial charge < -0.3 is 10.1 Å². The molecule has 3 nitrogen and oxygen atoms in total. The zero-order valence-electron chi connectivity index (χ0n) is 12.1. The van der Waals surface area contributed by atoms with E-state index in [0.717, 1.165) is 24.7 Å². The molecule has 1 aromatic heterocycles. The topological polar surface area (TPSA) is 34.1 Å². The van der Waals surface area contributed by atoms with Crippen LogP contribution < -0.4 is 10.1 Å². The second-order valence-electron chi connectivity index (χ2n) is 5.21. The fourth-order valence-electron chi connectivity index (χ4n) is 1.75. The van der Waals surface area contributed by atoms with Crippen LogP contribution in [0.4, 0.5) is 0 Å². The van der Waals surface area contributed by atoms with Crippen LogP contribution in [0.3, 0.4) is 0 Å². The third-order valence-corrected chi connectivity index (χ3v) is 2.77. The fraction of sp³-hybridized carbons (Fsp3) is 0.667. The Morgan fingerprint density at radius 3 is 2.72 bits per heavy atom. The van der Waals surface area contributed by atoms with Gasteiger partial charge in [-0.25, -0.2) is 4.98 Å². The van der Waals surface area contributed by atoms with Crippen molar-refractivity contribution in [2.24, 2.45) is 5.92 Å². The largest absolute Gasteiger partial charge is 0.477 e. The minimum Gasteiger partial charge on any atom is -0.477 e. The number of nitrogens with zero attached hydrogens (tertiary/aromatic N) is 1. The Kier molecular flexibility index (Phi) is 6.73. The van der Waals surface area contributed by atoms with Crippen LogP contribution in [0.2, 0.25) is 0 Å². The van der Waals surface area contributed by atoms with Crippen LogP contribution in [-0.4, -0.2) is 17.6 Å². The molecule has 1 atom stereocenters. The van der Waals surface area contributed by atoms with Crippen LogP contribution in [0.25, 0.3) is 0 Å². The maximum atomic E-state index is 5.73. The fourth-order valence-corrected chi connectivity index (χ4v) is 1.75. The second kappa shape index (κ2) is 8.09. The Balaban J connectivity index is 2.43. The monoisotopic (exact) mass is 250 g/mol. The van der Waals surface area contributed by atoms with E-state index in [1.807, 2.05) is 18.2 Å². The third-order valence-electron chi connectivity index (χ3n) is 2.77. The molecule has 0 amide bonds. The van der Waals surface area contributed by atoms with Crippen molar-refractivity contribution < 1.29 is 4.74 Å². The van der Waals surface area contributed by atoms with Gasteiger partial charge in [-0.1, -0.05) is 40.2 Å². The van der Waals surface area contributed by atoms with Gasteiger partial charge in [-0.05, 0) is 18.4 Å². The molecule has 0 saturated carbocycles. The summed E-state index contributed by atoms with van der Waals surface area (Å²) in [5.41, 5.74) is 1.03. The van der Waals surface area contributed by atoms with E-state index in [4.69, 9.17) is 4.74 Å². The molecule has 3 heteroatoms. The lowest BCUT2D eigenvalue weighted by Crippen LogP contribution is -2.22. The van der Waals surface area contributed by atoms with Crippen LogP contribution >= 0.6 is 0 Å². The number of pyridine rings is 1. The summed E-state index contributed by atoms with van der Waals surface area (Å²) in [5.74, 6) is 1.33. The molecule has 0 fully saturated rings. The highest BCUT2D eigenvalue weighted by Crippen LogP contribution is 2.11. The summed E-state index contributed by atoms with van der Waals surface area (Å²) >= 11 is 0. The molecule has 18 heavy (non-hydrogen) atoms. The molecule has 0 aliphatic rings. The molecular weight excluding hydrogens is 224 g/mol. The van der Waals surface area contributed by atoms with Crippen molar-refractivity contribution in [1.82, 2.24) is 10.3 Å². The molecule has 102 valence electrons. The maximum Gasteiger partial charge on any atom is 0.213 e. The number of aromatic nitrogens is 1. The predicted octanol–water partition coefficient (Wildman–Crippen LogP) is 3.39. The van der Waals surface area contributed by atoms with E-state index >= 15 is 0 Å². The van der Waals surface area contributed by atoms with E-state index in [0.29, 0.717) is 12.0 Å². The van der Waals surface area contributed by atoms with E-state index in [9.17, 15) is 0 Å². The summed E-state index contributed by atoms with van der Waals surface area (Å²) in [7, 11) is 0. The minimum absolute atomic E-state index is 0.473. The molecule has 1 N–H and O–H groups in total. The average Bonchev–Trinajstić information content (AvgIpc) is 2.35. The van der Waals surface area contributed by atoms with Gasteiger partial charge in [0.05, 0.1) is 12.3 Å². The number of hydrogen-bond donors (Lipinski definition) is 1. The van der Waals surface area contributed by atoms with Crippen molar-refractivity contribution >= 4 is 0 Å². The van der Waals surface area contributed by atoms with E-state index in [2.05, 4.69) is 38.0 Å². The number of ether oxygens (including phenoxy) is 1. The van der Waals surface area contributed by atoms with Crippen LogP contribution in [0, 0.1) is 5.92 Å². The van der Waals surface area contributed by atoms with Crippen LogP contribution in [-0.2, 0) is 6.54 Å². The van der Waals surface area contributed by atoms with Gasteiger partial charge in [-0.2, -0.15) is 0 Å². The normalized spacial score (nSPS) is 12.7. The lowest BCUT2D eigenvalue weighted by atomic mass is 10.1. The molecule has 0 aliphatic heterocycles. The van der Waals surface area contributed by atoms with Gasteiger partial charge in [0.1, 0.15) is 0 Å². The van der Waals surface area contributed by atoms with E-state index in [1.54, 1.807) is 0 Å². The molecule has 0 radical (unpaired) electrons. The van der Waals surface area contributed by atoms with Crippen LogP contribution in [0.5, 0.6) is 5.88 Å². The number of nitrogens with one attached hydrogen (secondary N) is 1. The van der Waals surface area contributed by atoms with Gasteiger partial charge >= 0.3 is 0 Å². The minimum atomic E-state index is 0.473. The second-order valence-corrected chi connectivity index (χ2v) is 5.21. The zero-order chi connectivity index (χ0) is 13.4. The van der Waals surface area contributed by atoms with Crippen molar-refractivity contribution in [3.8, 4) is 5.88 Å².